The fourth-order valence-corrected chi connectivity index (χ4v) is 2.05. The lowest BCUT2D eigenvalue weighted by atomic mass is 9.97. The van der Waals surface area contributed by atoms with E-state index in [4.69, 9.17) is 9.47 Å². The van der Waals surface area contributed by atoms with Gasteiger partial charge in [0.15, 0.2) is 11.5 Å². The first-order valence-electron chi connectivity index (χ1n) is 6.20. The second-order valence-corrected chi connectivity index (χ2v) is 6.27. The Morgan fingerprint density at radius 3 is 2.45 bits per heavy atom. The molecule has 0 aliphatic rings. The molecule has 1 aromatic carbocycles. The Balaban J connectivity index is 3.27. The summed E-state index contributed by atoms with van der Waals surface area (Å²) in [5, 5.41) is 0. The summed E-state index contributed by atoms with van der Waals surface area (Å²) in [6.07, 6.45) is 2.69. The Hall–Kier alpha value is -1.49. The highest BCUT2D eigenvalue weighted by molar-refractivity contribution is 7.97. The molecule has 0 saturated carbocycles. The third-order valence-corrected chi connectivity index (χ3v) is 3.22. The van der Waals surface area contributed by atoms with Crippen molar-refractivity contribution in [3.8, 4) is 11.5 Å². The van der Waals surface area contributed by atoms with Gasteiger partial charge < -0.3 is 9.47 Å². The van der Waals surface area contributed by atoms with E-state index in [-0.39, 0.29) is 5.97 Å². The van der Waals surface area contributed by atoms with Crippen LogP contribution in [0.15, 0.2) is 12.1 Å². The van der Waals surface area contributed by atoms with E-state index in [0.717, 1.165) is 11.8 Å². The maximum Gasteiger partial charge on any atom is 0.316 e. The predicted octanol–water partition coefficient (Wildman–Crippen LogP) is 3.32. The number of rotatable bonds is 5. The van der Waals surface area contributed by atoms with Crippen molar-refractivity contribution in [2.24, 2.45) is 5.41 Å². The van der Waals surface area contributed by atoms with Crippen LogP contribution < -0.4 is 9.47 Å². The van der Waals surface area contributed by atoms with Crippen LogP contribution in [0.25, 0.3) is 0 Å². The van der Waals surface area contributed by atoms with Crippen molar-refractivity contribution < 1.29 is 19.1 Å². The number of ether oxygens (including phenoxy) is 2. The second-order valence-electron chi connectivity index (χ2n) is 5.40. The van der Waals surface area contributed by atoms with E-state index in [2.05, 4.69) is 0 Å². The monoisotopic (exact) mass is 296 g/mol. The van der Waals surface area contributed by atoms with Gasteiger partial charge in [-0.2, -0.15) is 11.8 Å². The minimum Gasteiger partial charge on any atom is -0.493 e. The third-order valence-electron chi connectivity index (χ3n) is 2.62. The van der Waals surface area contributed by atoms with Crippen LogP contribution in [-0.2, 0) is 10.5 Å². The van der Waals surface area contributed by atoms with E-state index in [1.54, 1.807) is 44.7 Å². The van der Waals surface area contributed by atoms with Gasteiger partial charge >= 0.3 is 5.97 Å². The minimum absolute atomic E-state index is 0.336. The molecule has 0 fully saturated rings. The lowest BCUT2D eigenvalue weighted by molar-refractivity contribution is -0.143. The van der Waals surface area contributed by atoms with Crippen molar-refractivity contribution in [2.45, 2.75) is 26.5 Å². The molecule has 0 heterocycles. The predicted molar refractivity (Wildman–Crippen MR) is 80.7 cm³/mol. The van der Waals surface area contributed by atoms with Gasteiger partial charge in [0, 0.05) is 16.9 Å². The van der Waals surface area contributed by atoms with Crippen molar-refractivity contribution in [3.05, 3.63) is 23.3 Å². The molecule has 0 aliphatic heterocycles. The van der Waals surface area contributed by atoms with Crippen LogP contribution in [0.1, 0.15) is 36.7 Å². The van der Waals surface area contributed by atoms with Crippen LogP contribution >= 0.6 is 11.8 Å². The lowest BCUT2D eigenvalue weighted by Gasteiger charge is -2.20. The van der Waals surface area contributed by atoms with Crippen molar-refractivity contribution in [3.63, 3.8) is 0 Å². The van der Waals surface area contributed by atoms with Gasteiger partial charge in [0.05, 0.1) is 12.5 Å². The van der Waals surface area contributed by atoms with E-state index in [1.165, 1.54) is 7.11 Å². The molecular weight excluding hydrogens is 276 g/mol. The molecule has 0 saturated heterocycles. The summed E-state index contributed by atoms with van der Waals surface area (Å²) >= 11 is 1.58. The highest BCUT2D eigenvalue weighted by atomic mass is 32.2. The number of esters is 1. The molecule has 1 aromatic rings. The van der Waals surface area contributed by atoms with Gasteiger partial charge in [0.2, 0.25) is 0 Å². The molecule has 110 valence electrons. The summed E-state index contributed by atoms with van der Waals surface area (Å²) in [7, 11) is 1.49. The largest absolute Gasteiger partial charge is 0.493 e. The average molecular weight is 296 g/mol. The first kappa shape index (κ1) is 16.6. The Morgan fingerprint density at radius 2 is 2.00 bits per heavy atom. The molecule has 0 spiro atoms. The topological polar surface area (TPSA) is 52.6 Å². The van der Waals surface area contributed by atoms with Gasteiger partial charge in [-0.15, -0.1) is 0 Å². The highest BCUT2D eigenvalue weighted by Crippen LogP contribution is 2.36. The van der Waals surface area contributed by atoms with Crippen LogP contribution in [0.2, 0.25) is 0 Å². The SMILES string of the molecule is COc1cc(C=O)cc(CSC)c1OC(=O)C(C)(C)C. The van der Waals surface area contributed by atoms with E-state index in [0.29, 0.717) is 22.8 Å². The van der Waals surface area contributed by atoms with E-state index >= 15 is 0 Å². The normalized spacial score (nSPS) is 11.1. The molecule has 0 aliphatic carbocycles. The summed E-state index contributed by atoms with van der Waals surface area (Å²) in [6.45, 7) is 5.36. The second kappa shape index (κ2) is 6.79. The first-order chi connectivity index (χ1) is 9.33. The molecule has 0 unspecified atom stereocenters. The number of hydrogen-bond donors (Lipinski definition) is 0. The van der Waals surface area contributed by atoms with Gasteiger partial charge in [-0.1, -0.05) is 0 Å². The minimum atomic E-state index is -0.606. The summed E-state index contributed by atoms with van der Waals surface area (Å²) in [5.41, 5.74) is 0.670. The number of thioether (sulfide) groups is 1. The Kier molecular flexibility index (Phi) is 5.62. The maximum absolute atomic E-state index is 12.1. The number of hydrogen-bond acceptors (Lipinski definition) is 5. The molecule has 4 nitrogen and oxygen atoms in total. The number of benzene rings is 1. The summed E-state index contributed by atoms with van der Waals surface area (Å²) in [6, 6.07) is 3.29. The van der Waals surface area contributed by atoms with Crippen LogP contribution in [0.5, 0.6) is 11.5 Å². The van der Waals surface area contributed by atoms with Crippen LogP contribution in [-0.4, -0.2) is 25.6 Å². The van der Waals surface area contributed by atoms with E-state index in [1.807, 2.05) is 6.26 Å². The maximum atomic E-state index is 12.1. The van der Waals surface area contributed by atoms with Crippen molar-refractivity contribution in [1.82, 2.24) is 0 Å². The molecule has 5 heteroatoms. The van der Waals surface area contributed by atoms with E-state index < -0.39 is 5.41 Å². The van der Waals surface area contributed by atoms with Crippen LogP contribution in [0.4, 0.5) is 0 Å². The van der Waals surface area contributed by atoms with Gasteiger partial charge in [-0.05, 0) is 39.2 Å². The average Bonchev–Trinajstić information content (AvgIpc) is 2.39. The molecular formula is C15H20O4S. The van der Waals surface area contributed by atoms with Crippen molar-refractivity contribution >= 4 is 24.0 Å². The highest BCUT2D eigenvalue weighted by Gasteiger charge is 2.26. The van der Waals surface area contributed by atoms with Crippen molar-refractivity contribution in [2.75, 3.05) is 13.4 Å². The quantitative estimate of drug-likeness (QED) is 0.474. The number of methoxy groups -OCH3 is 1. The molecule has 0 aromatic heterocycles. The number of aldehydes is 1. The molecule has 0 atom stereocenters. The Labute approximate surface area is 123 Å². The fraction of sp³-hybridized carbons (Fsp3) is 0.467. The Morgan fingerprint density at radius 1 is 1.35 bits per heavy atom. The van der Waals surface area contributed by atoms with Gasteiger partial charge in [-0.25, -0.2) is 0 Å². The smallest absolute Gasteiger partial charge is 0.316 e. The van der Waals surface area contributed by atoms with Gasteiger partial charge in [0.1, 0.15) is 6.29 Å². The summed E-state index contributed by atoms with van der Waals surface area (Å²) < 4.78 is 10.7. The van der Waals surface area contributed by atoms with E-state index in [9.17, 15) is 9.59 Å². The summed E-state index contributed by atoms with van der Waals surface area (Å²) in [4.78, 5) is 23.0. The molecule has 0 bridgehead atoms. The number of carbonyl (C=O) groups excluding carboxylic acids is 2. The Bertz CT molecular complexity index is 503. The fourth-order valence-electron chi connectivity index (χ4n) is 1.53. The first-order valence-corrected chi connectivity index (χ1v) is 7.60. The molecule has 1 rings (SSSR count). The molecule has 20 heavy (non-hydrogen) atoms. The van der Waals surface area contributed by atoms with Crippen LogP contribution in [0, 0.1) is 5.41 Å². The molecule has 0 radical (unpaired) electrons. The van der Waals surface area contributed by atoms with Gasteiger partial charge in [-0.3, -0.25) is 9.59 Å². The van der Waals surface area contributed by atoms with Gasteiger partial charge in [0.25, 0.3) is 0 Å². The zero-order chi connectivity index (χ0) is 15.3. The zero-order valence-electron chi connectivity index (χ0n) is 12.5. The standard InChI is InChI=1S/C15H20O4S/c1-15(2,3)14(17)19-13-11(9-20-5)6-10(8-16)7-12(13)18-4/h6-8H,9H2,1-5H3. The molecule has 0 N–H and O–H groups in total. The molecule has 0 amide bonds. The zero-order valence-corrected chi connectivity index (χ0v) is 13.3. The lowest BCUT2D eigenvalue weighted by Crippen LogP contribution is -2.26. The third kappa shape index (κ3) is 4.00. The summed E-state index contributed by atoms with van der Waals surface area (Å²) in [5.74, 6) is 1.09. The van der Waals surface area contributed by atoms with Crippen molar-refractivity contribution in [1.29, 1.82) is 0 Å². The number of carbonyl (C=O) groups is 2. The van der Waals surface area contributed by atoms with Crippen LogP contribution in [0.3, 0.4) is 0 Å².